The van der Waals surface area contributed by atoms with Crippen LogP contribution in [0.15, 0.2) is 22.7 Å². The molecule has 19 heavy (non-hydrogen) atoms. The maximum Gasteiger partial charge on any atom is 0.418 e. The number of benzene rings is 1. The average molecular weight is 338 g/mol. The molecule has 1 aromatic carbocycles. The second kappa shape index (κ2) is 6.13. The van der Waals surface area contributed by atoms with Gasteiger partial charge < -0.3 is 10.1 Å². The molecule has 0 amide bonds. The molecule has 2 rings (SSSR count). The summed E-state index contributed by atoms with van der Waals surface area (Å²) in [4.78, 5) is 0. The SMILES string of the molecule is FC(F)(F)c1ccc(Br)cc1NCCC1CCOC1. The highest BCUT2D eigenvalue weighted by molar-refractivity contribution is 9.10. The lowest BCUT2D eigenvalue weighted by atomic mass is 10.1. The molecule has 1 aromatic rings. The lowest BCUT2D eigenvalue weighted by Crippen LogP contribution is -2.14. The van der Waals surface area contributed by atoms with Crippen LogP contribution in [-0.2, 0) is 10.9 Å². The Hall–Kier alpha value is -0.750. The molecule has 1 atom stereocenters. The van der Waals surface area contributed by atoms with Gasteiger partial charge >= 0.3 is 6.18 Å². The van der Waals surface area contributed by atoms with Crippen molar-refractivity contribution in [3.05, 3.63) is 28.2 Å². The van der Waals surface area contributed by atoms with Gasteiger partial charge in [-0.05, 0) is 37.0 Å². The number of ether oxygens (including phenoxy) is 1. The van der Waals surface area contributed by atoms with E-state index in [9.17, 15) is 13.2 Å². The van der Waals surface area contributed by atoms with Crippen molar-refractivity contribution in [3.8, 4) is 0 Å². The molecule has 1 aliphatic rings. The summed E-state index contributed by atoms with van der Waals surface area (Å²) in [5.74, 6) is 0.453. The smallest absolute Gasteiger partial charge is 0.385 e. The Morgan fingerprint density at radius 2 is 2.16 bits per heavy atom. The van der Waals surface area contributed by atoms with Gasteiger partial charge in [0.1, 0.15) is 0 Å². The third-order valence-electron chi connectivity index (χ3n) is 3.18. The summed E-state index contributed by atoms with van der Waals surface area (Å²) in [7, 11) is 0. The van der Waals surface area contributed by atoms with Gasteiger partial charge in [0.2, 0.25) is 0 Å². The van der Waals surface area contributed by atoms with E-state index in [1.54, 1.807) is 0 Å². The second-order valence-electron chi connectivity index (χ2n) is 4.63. The third-order valence-corrected chi connectivity index (χ3v) is 3.67. The second-order valence-corrected chi connectivity index (χ2v) is 5.55. The minimum Gasteiger partial charge on any atom is -0.385 e. The molecule has 0 aliphatic carbocycles. The highest BCUT2D eigenvalue weighted by atomic mass is 79.9. The summed E-state index contributed by atoms with van der Waals surface area (Å²) in [5.41, 5.74) is -0.501. The van der Waals surface area contributed by atoms with Crippen molar-refractivity contribution < 1.29 is 17.9 Å². The lowest BCUT2D eigenvalue weighted by Gasteiger charge is -2.16. The zero-order valence-electron chi connectivity index (χ0n) is 10.3. The Bertz CT molecular complexity index is 430. The predicted octanol–water partition coefficient (Wildman–Crippen LogP) is 4.31. The zero-order valence-corrected chi connectivity index (χ0v) is 11.9. The van der Waals surface area contributed by atoms with Crippen LogP contribution in [0.3, 0.4) is 0 Å². The molecule has 1 unspecified atom stereocenters. The van der Waals surface area contributed by atoms with E-state index in [1.165, 1.54) is 12.1 Å². The Morgan fingerprint density at radius 3 is 2.79 bits per heavy atom. The third kappa shape index (κ3) is 4.11. The van der Waals surface area contributed by atoms with Crippen LogP contribution >= 0.6 is 15.9 Å². The van der Waals surface area contributed by atoms with Crippen LogP contribution in [-0.4, -0.2) is 19.8 Å². The first-order valence-electron chi connectivity index (χ1n) is 6.15. The van der Waals surface area contributed by atoms with E-state index < -0.39 is 11.7 Å². The predicted molar refractivity (Wildman–Crippen MR) is 71.2 cm³/mol. The Labute approximate surface area is 118 Å². The fourth-order valence-corrected chi connectivity index (χ4v) is 2.49. The largest absolute Gasteiger partial charge is 0.418 e. The summed E-state index contributed by atoms with van der Waals surface area (Å²) < 4.78 is 44.4. The summed E-state index contributed by atoms with van der Waals surface area (Å²) in [6.45, 7) is 2.00. The van der Waals surface area contributed by atoms with Gasteiger partial charge in [-0.15, -0.1) is 0 Å². The van der Waals surface area contributed by atoms with Crippen LogP contribution in [0.25, 0.3) is 0 Å². The topological polar surface area (TPSA) is 21.3 Å². The molecule has 0 radical (unpaired) electrons. The highest BCUT2D eigenvalue weighted by Gasteiger charge is 2.33. The van der Waals surface area contributed by atoms with Crippen LogP contribution in [0.2, 0.25) is 0 Å². The molecule has 2 nitrogen and oxygen atoms in total. The number of hydrogen-bond donors (Lipinski definition) is 1. The Morgan fingerprint density at radius 1 is 1.37 bits per heavy atom. The molecule has 0 spiro atoms. The van der Waals surface area contributed by atoms with E-state index in [1.807, 2.05) is 0 Å². The van der Waals surface area contributed by atoms with Crippen molar-refractivity contribution in [2.75, 3.05) is 25.1 Å². The first-order chi connectivity index (χ1) is 8.97. The van der Waals surface area contributed by atoms with E-state index in [2.05, 4.69) is 21.2 Å². The molecule has 1 saturated heterocycles. The van der Waals surface area contributed by atoms with Gasteiger partial charge in [-0.25, -0.2) is 0 Å². The molecule has 0 bridgehead atoms. The van der Waals surface area contributed by atoms with Gasteiger partial charge in [-0.2, -0.15) is 13.2 Å². The van der Waals surface area contributed by atoms with Gasteiger partial charge in [-0.1, -0.05) is 15.9 Å². The van der Waals surface area contributed by atoms with Crippen LogP contribution in [0.1, 0.15) is 18.4 Å². The minimum atomic E-state index is -4.33. The number of rotatable bonds is 4. The number of anilines is 1. The van der Waals surface area contributed by atoms with E-state index in [0.29, 0.717) is 23.5 Å². The molecule has 1 aliphatic heterocycles. The van der Waals surface area contributed by atoms with Crippen molar-refractivity contribution >= 4 is 21.6 Å². The van der Waals surface area contributed by atoms with Gasteiger partial charge in [-0.3, -0.25) is 0 Å². The van der Waals surface area contributed by atoms with E-state index >= 15 is 0 Å². The van der Waals surface area contributed by atoms with Crippen LogP contribution in [0.4, 0.5) is 18.9 Å². The van der Waals surface area contributed by atoms with Crippen molar-refractivity contribution in [1.82, 2.24) is 0 Å². The maximum absolute atomic E-state index is 12.8. The van der Waals surface area contributed by atoms with Crippen LogP contribution < -0.4 is 5.32 Å². The number of alkyl halides is 3. The van der Waals surface area contributed by atoms with Crippen LogP contribution in [0.5, 0.6) is 0 Å². The van der Waals surface area contributed by atoms with Gasteiger partial charge in [0.05, 0.1) is 5.56 Å². The molecule has 1 heterocycles. The number of hydrogen-bond acceptors (Lipinski definition) is 2. The van der Waals surface area contributed by atoms with Crippen molar-refractivity contribution in [1.29, 1.82) is 0 Å². The Balaban J connectivity index is 1.99. The van der Waals surface area contributed by atoms with E-state index in [4.69, 9.17) is 4.74 Å². The molecule has 6 heteroatoms. The fraction of sp³-hybridized carbons (Fsp3) is 0.538. The zero-order chi connectivity index (χ0) is 13.9. The van der Waals surface area contributed by atoms with Crippen molar-refractivity contribution in [2.24, 2.45) is 5.92 Å². The quantitative estimate of drug-likeness (QED) is 0.884. The van der Waals surface area contributed by atoms with Crippen molar-refractivity contribution in [3.63, 3.8) is 0 Å². The first-order valence-corrected chi connectivity index (χ1v) is 6.94. The van der Waals surface area contributed by atoms with Gasteiger partial charge in [0.25, 0.3) is 0 Å². The van der Waals surface area contributed by atoms with Gasteiger partial charge in [0.15, 0.2) is 0 Å². The average Bonchev–Trinajstić information content (AvgIpc) is 2.80. The molecular formula is C13H15BrF3NO. The number of nitrogens with one attached hydrogen (secondary N) is 1. The summed E-state index contributed by atoms with van der Waals surface area (Å²) in [6.07, 6.45) is -2.52. The van der Waals surface area contributed by atoms with E-state index in [-0.39, 0.29) is 5.69 Å². The van der Waals surface area contributed by atoms with Crippen molar-refractivity contribution in [2.45, 2.75) is 19.0 Å². The molecule has 0 saturated carbocycles. The minimum absolute atomic E-state index is 0.126. The molecule has 1 fully saturated rings. The molecule has 1 N–H and O–H groups in total. The monoisotopic (exact) mass is 337 g/mol. The standard InChI is InChI=1S/C13H15BrF3NO/c14-10-1-2-11(13(15,16)17)12(7-10)18-5-3-9-4-6-19-8-9/h1-2,7,9,18H,3-6,8H2. The first kappa shape index (κ1) is 14.7. The normalized spacial score (nSPS) is 19.7. The van der Waals surface area contributed by atoms with Gasteiger partial charge in [0, 0.05) is 29.9 Å². The fourth-order valence-electron chi connectivity index (χ4n) is 2.13. The highest BCUT2D eigenvalue weighted by Crippen LogP contribution is 2.36. The lowest BCUT2D eigenvalue weighted by molar-refractivity contribution is -0.137. The van der Waals surface area contributed by atoms with Crippen LogP contribution in [0, 0.1) is 5.92 Å². The number of halogens is 4. The molecular weight excluding hydrogens is 323 g/mol. The summed E-state index contributed by atoms with van der Waals surface area (Å²) in [5, 5.41) is 2.88. The van der Waals surface area contributed by atoms with E-state index in [0.717, 1.165) is 25.5 Å². The maximum atomic E-state index is 12.8. The Kier molecular flexibility index (Phi) is 4.73. The molecule has 0 aromatic heterocycles. The summed E-state index contributed by atoms with van der Waals surface area (Å²) in [6, 6.07) is 3.96. The summed E-state index contributed by atoms with van der Waals surface area (Å²) >= 11 is 3.19. The molecule has 106 valence electrons.